The van der Waals surface area contributed by atoms with Gasteiger partial charge < -0.3 is 20.5 Å². The van der Waals surface area contributed by atoms with Crippen LogP contribution < -0.4 is 11.1 Å². The van der Waals surface area contributed by atoms with Gasteiger partial charge in [-0.15, -0.1) is 0 Å². The van der Waals surface area contributed by atoms with Gasteiger partial charge in [0.2, 0.25) is 5.91 Å². The number of carbonyl (C=O) groups excluding carboxylic acids is 4. The van der Waals surface area contributed by atoms with E-state index in [2.05, 4.69) is 5.32 Å². The number of carbonyl (C=O) groups is 4. The summed E-state index contributed by atoms with van der Waals surface area (Å²) in [5, 5.41) is 4.93. The number of fused-ring (bicyclic) bond motifs is 1. The van der Waals surface area contributed by atoms with E-state index in [-0.39, 0.29) is 31.8 Å². The lowest BCUT2D eigenvalue weighted by Gasteiger charge is -2.21. The summed E-state index contributed by atoms with van der Waals surface area (Å²) in [5.74, 6) is -3.59. The molecule has 42 heavy (non-hydrogen) atoms. The third kappa shape index (κ3) is 8.27. The average molecular weight is 567 g/mol. The van der Waals surface area contributed by atoms with Crippen molar-refractivity contribution < 1.29 is 28.7 Å². The van der Waals surface area contributed by atoms with Gasteiger partial charge in [-0.2, -0.15) is 0 Å². The fraction of sp³-hybridized carbons (Fsp3) is 0.235. The maximum absolute atomic E-state index is 13.2. The minimum absolute atomic E-state index is 0.153. The molecule has 0 saturated carbocycles. The number of anilines is 1. The molecule has 8 nitrogen and oxygen atoms in total. The number of esters is 2. The number of benzene rings is 4. The van der Waals surface area contributed by atoms with E-state index in [1.807, 2.05) is 55.5 Å². The molecule has 2 amide bonds. The molecule has 0 heterocycles. The molecule has 0 fully saturated rings. The van der Waals surface area contributed by atoms with Crippen molar-refractivity contribution in [2.24, 2.45) is 11.7 Å². The second kappa shape index (κ2) is 14.6. The van der Waals surface area contributed by atoms with Gasteiger partial charge in [-0.3, -0.25) is 19.2 Å². The summed E-state index contributed by atoms with van der Waals surface area (Å²) in [6, 6.07) is 29.4. The normalized spacial score (nSPS) is 12.2. The van der Waals surface area contributed by atoms with E-state index in [9.17, 15) is 19.2 Å². The van der Waals surface area contributed by atoms with Gasteiger partial charge in [-0.1, -0.05) is 92.2 Å². The van der Waals surface area contributed by atoms with E-state index in [0.29, 0.717) is 23.2 Å². The molecule has 8 heteroatoms. The van der Waals surface area contributed by atoms with Crippen LogP contribution in [0.2, 0.25) is 0 Å². The van der Waals surface area contributed by atoms with Gasteiger partial charge in [-0.25, -0.2) is 0 Å². The van der Waals surface area contributed by atoms with Gasteiger partial charge in [0, 0.05) is 23.2 Å². The second-order valence-electron chi connectivity index (χ2n) is 10.0. The number of ether oxygens (including phenoxy) is 2. The molecule has 0 aliphatic heterocycles. The third-order valence-corrected chi connectivity index (χ3v) is 6.81. The molecule has 0 aromatic heterocycles. The Balaban J connectivity index is 1.42. The van der Waals surface area contributed by atoms with Gasteiger partial charge in [0.15, 0.2) is 5.92 Å². The van der Waals surface area contributed by atoms with Crippen LogP contribution in [0.5, 0.6) is 0 Å². The average Bonchev–Trinajstić information content (AvgIpc) is 2.99. The highest BCUT2D eigenvalue weighted by molar-refractivity contribution is 6.04. The highest BCUT2D eigenvalue weighted by Gasteiger charge is 2.31. The van der Waals surface area contributed by atoms with Crippen LogP contribution in [0, 0.1) is 5.92 Å². The molecule has 0 aliphatic rings. The maximum Gasteiger partial charge on any atom is 0.320 e. The molecule has 216 valence electrons. The van der Waals surface area contributed by atoms with Crippen molar-refractivity contribution in [1.82, 2.24) is 0 Å². The number of nitrogens with two attached hydrogens (primary N) is 1. The molecule has 0 spiro atoms. The molecule has 4 rings (SSSR count). The summed E-state index contributed by atoms with van der Waals surface area (Å²) in [4.78, 5) is 50.8. The fourth-order valence-corrected chi connectivity index (χ4v) is 4.68. The smallest absolute Gasteiger partial charge is 0.320 e. The SMILES string of the molecule is CCC[C@@H](C(=O)OCc1ccccc1NC(=O)c1ccccc1)C(=O)O[C@H](CC(N)=O)Cc1ccc2ccccc2c1. The summed E-state index contributed by atoms with van der Waals surface area (Å²) in [6.07, 6.45) is -0.00661. The Hall–Kier alpha value is -4.98. The van der Waals surface area contributed by atoms with Gasteiger partial charge in [-0.05, 0) is 41.0 Å². The van der Waals surface area contributed by atoms with E-state index in [4.69, 9.17) is 15.2 Å². The second-order valence-corrected chi connectivity index (χ2v) is 10.0. The lowest BCUT2D eigenvalue weighted by atomic mass is 10.0. The zero-order valence-electron chi connectivity index (χ0n) is 23.5. The molecule has 3 N–H and O–H groups in total. The summed E-state index contributed by atoms with van der Waals surface area (Å²) in [6.45, 7) is 1.69. The number of amides is 2. The molecular formula is C34H34N2O6. The number of para-hydroxylation sites is 1. The fourth-order valence-electron chi connectivity index (χ4n) is 4.68. The number of hydrogen-bond donors (Lipinski definition) is 2. The topological polar surface area (TPSA) is 125 Å². The molecule has 2 atom stereocenters. The Bertz CT molecular complexity index is 1550. The molecular weight excluding hydrogens is 532 g/mol. The van der Waals surface area contributed by atoms with Crippen molar-refractivity contribution in [2.75, 3.05) is 5.32 Å². The number of primary amides is 1. The van der Waals surface area contributed by atoms with Gasteiger partial charge in [0.05, 0.1) is 6.42 Å². The monoisotopic (exact) mass is 566 g/mol. The molecule has 0 radical (unpaired) electrons. The van der Waals surface area contributed by atoms with Crippen molar-refractivity contribution in [3.63, 3.8) is 0 Å². The van der Waals surface area contributed by atoms with Crippen LogP contribution in [0.25, 0.3) is 10.8 Å². The van der Waals surface area contributed by atoms with Crippen LogP contribution in [-0.4, -0.2) is 29.9 Å². The van der Waals surface area contributed by atoms with Crippen LogP contribution in [0.15, 0.2) is 97.1 Å². The summed E-state index contributed by atoms with van der Waals surface area (Å²) in [5.41, 5.74) is 7.88. The first-order valence-electron chi connectivity index (χ1n) is 13.9. The zero-order valence-corrected chi connectivity index (χ0v) is 23.5. The standard InChI is InChI=1S/C34H34N2O6/c1-2-10-29(33(39)41-22-27-15-8-9-16-30(27)36-32(38)25-12-4-3-5-13-25)34(40)42-28(21-31(35)37)20-23-17-18-24-11-6-7-14-26(24)19-23/h3-9,11-19,28-29H,2,10,20-22H2,1H3,(H2,35,37)(H,36,38)/t28-,29-/m0/s1. The van der Waals surface area contributed by atoms with Crippen LogP contribution >= 0.6 is 0 Å². The highest BCUT2D eigenvalue weighted by Crippen LogP contribution is 2.22. The van der Waals surface area contributed by atoms with Crippen molar-refractivity contribution >= 4 is 40.2 Å². The van der Waals surface area contributed by atoms with Crippen LogP contribution in [0.3, 0.4) is 0 Å². The Labute approximate surface area is 244 Å². The van der Waals surface area contributed by atoms with E-state index < -0.39 is 29.9 Å². The van der Waals surface area contributed by atoms with Crippen LogP contribution in [-0.2, 0) is 36.9 Å². The minimum Gasteiger partial charge on any atom is -0.461 e. The molecule has 0 saturated heterocycles. The van der Waals surface area contributed by atoms with Crippen LogP contribution in [0.4, 0.5) is 5.69 Å². The Kier molecular flexibility index (Phi) is 10.4. The van der Waals surface area contributed by atoms with Crippen molar-refractivity contribution in [3.05, 3.63) is 114 Å². The Morgan fingerprint density at radius 1 is 0.810 bits per heavy atom. The van der Waals surface area contributed by atoms with Crippen molar-refractivity contribution in [1.29, 1.82) is 0 Å². The molecule has 0 bridgehead atoms. The highest BCUT2D eigenvalue weighted by atomic mass is 16.6. The largest absolute Gasteiger partial charge is 0.461 e. The zero-order chi connectivity index (χ0) is 29.9. The summed E-state index contributed by atoms with van der Waals surface area (Å²) in [7, 11) is 0. The molecule has 0 aliphatic carbocycles. The number of nitrogens with one attached hydrogen (secondary N) is 1. The van der Waals surface area contributed by atoms with E-state index in [1.165, 1.54) is 0 Å². The Morgan fingerprint density at radius 3 is 2.24 bits per heavy atom. The lowest BCUT2D eigenvalue weighted by Crippen LogP contribution is -2.34. The first-order valence-corrected chi connectivity index (χ1v) is 13.9. The van der Waals surface area contributed by atoms with Crippen LogP contribution in [0.1, 0.15) is 47.7 Å². The number of hydrogen-bond acceptors (Lipinski definition) is 6. The van der Waals surface area contributed by atoms with Crippen molar-refractivity contribution in [2.45, 2.75) is 45.3 Å². The maximum atomic E-state index is 13.2. The molecule has 4 aromatic rings. The lowest BCUT2D eigenvalue weighted by molar-refractivity contribution is -0.166. The summed E-state index contributed by atoms with van der Waals surface area (Å²) < 4.78 is 11.2. The Morgan fingerprint density at radius 2 is 1.50 bits per heavy atom. The quantitative estimate of drug-likeness (QED) is 0.161. The summed E-state index contributed by atoms with van der Waals surface area (Å²) >= 11 is 0. The van der Waals surface area contributed by atoms with E-state index in [0.717, 1.165) is 16.3 Å². The predicted molar refractivity (Wildman–Crippen MR) is 160 cm³/mol. The third-order valence-electron chi connectivity index (χ3n) is 6.81. The molecule has 0 unspecified atom stereocenters. The first-order chi connectivity index (χ1) is 20.3. The number of rotatable bonds is 13. The van der Waals surface area contributed by atoms with Gasteiger partial charge in [0.1, 0.15) is 12.7 Å². The minimum atomic E-state index is -1.17. The van der Waals surface area contributed by atoms with E-state index in [1.54, 1.807) is 48.5 Å². The predicted octanol–water partition coefficient (Wildman–Crippen LogP) is 5.58. The first kappa shape index (κ1) is 30.0. The van der Waals surface area contributed by atoms with Gasteiger partial charge >= 0.3 is 11.9 Å². The van der Waals surface area contributed by atoms with E-state index >= 15 is 0 Å². The van der Waals surface area contributed by atoms with Crippen molar-refractivity contribution in [3.8, 4) is 0 Å². The van der Waals surface area contributed by atoms with Gasteiger partial charge in [0.25, 0.3) is 5.91 Å². The molecule has 4 aromatic carbocycles.